The van der Waals surface area contributed by atoms with E-state index in [0.717, 1.165) is 23.2 Å². The first kappa shape index (κ1) is 16.7. The van der Waals surface area contributed by atoms with Gasteiger partial charge in [0.15, 0.2) is 0 Å². The Morgan fingerprint density at radius 2 is 1.70 bits per heavy atom. The Bertz CT molecular complexity index is 706. The minimum Gasteiger partial charge on any atom is -0.343 e. The molecule has 2 N–H and O–H groups in total. The summed E-state index contributed by atoms with van der Waals surface area (Å²) in [5, 5.41) is 5.46. The molecule has 0 fully saturated rings. The Balaban J connectivity index is 1.90. The van der Waals surface area contributed by atoms with Crippen molar-refractivity contribution in [1.82, 2.24) is 5.32 Å². The number of hydrogen-bond acceptors (Lipinski definition) is 2. The minimum absolute atomic E-state index is 0.0538. The van der Waals surface area contributed by atoms with Gasteiger partial charge >= 0.3 is 0 Å². The van der Waals surface area contributed by atoms with Gasteiger partial charge in [-0.15, -0.1) is 0 Å². The highest BCUT2D eigenvalue weighted by atomic mass is 16.2. The van der Waals surface area contributed by atoms with Gasteiger partial charge in [-0.3, -0.25) is 9.59 Å². The smallest absolute Gasteiger partial charge is 0.251 e. The number of anilines is 1. The second-order valence-corrected chi connectivity index (χ2v) is 5.53. The lowest BCUT2D eigenvalue weighted by atomic mass is 10.1. The van der Waals surface area contributed by atoms with Crippen molar-refractivity contribution in [2.45, 2.75) is 27.2 Å². The quantitative estimate of drug-likeness (QED) is 0.891. The molecule has 0 aliphatic carbocycles. The standard InChI is InChI=1S/C19H22N2O2/c1-4-15-8-10-16(11-9-15)19(23)20-12-18(22)21-17-7-5-6-13(2)14(17)3/h5-11H,4,12H2,1-3H3,(H,20,23)(H,21,22). The summed E-state index contributed by atoms with van der Waals surface area (Å²) in [7, 11) is 0. The molecule has 0 atom stereocenters. The lowest BCUT2D eigenvalue weighted by Gasteiger charge is -2.11. The second kappa shape index (κ2) is 7.58. The Morgan fingerprint density at radius 1 is 1.00 bits per heavy atom. The van der Waals surface area contributed by atoms with Crippen molar-refractivity contribution in [3.8, 4) is 0 Å². The highest BCUT2D eigenvalue weighted by molar-refractivity contribution is 5.99. The molecule has 0 aliphatic heterocycles. The van der Waals surface area contributed by atoms with Crippen LogP contribution < -0.4 is 10.6 Å². The molecule has 4 nitrogen and oxygen atoms in total. The van der Waals surface area contributed by atoms with Gasteiger partial charge in [-0.25, -0.2) is 0 Å². The van der Waals surface area contributed by atoms with Gasteiger partial charge in [0.05, 0.1) is 6.54 Å². The van der Waals surface area contributed by atoms with Gasteiger partial charge in [-0.2, -0.15) is 0 Å². The van der Waals surface area contributed by atoms with Crippen LogP contribution in [-0.4, -0.2) is 18.4 Å². The summed E-state index contributed by atoms with van der Waals surface area (Å²) in [6, 6.07) is 13.1. The summed E-state index contributed by atoms with van der Waals surface area (Å²) in [5.41, 5.74) is 4.65. The number of nitrogens with one attached hydrogen (secondary N) is 2. The van der Waals surface area contributed by atoms with Crippen LogP contribution in [0.4, 0.5) is 5.69 Å². The van der Waals surface area contributed by atoms with Crippen LogP contribution in [-0.2, 0) is 11.2 Å². The lowest BCUT2D eigenvalue weighted by Crippen LogP contribution is -2.33. The number of carbonyl (C=O) groups excluding carboxylic acids is 2. The van der Waals surface area contributed by atoms with Crippen LogP contribution in [0.5, 0.6) is 0 Å². The maximum atomic E-state index is 12.0. The normalized spacial score (nSPS) is 10.2. The summed E-state index contributed by atoms with van der Waals surface area (Å²) in [5.74, 6) is -0.485. The number of rotatable bonds is 5. The van der Waals surface area contributed by atoms with Gasteiger partial charge < -0.3 is 10.6 Å². The number of amides is 2. The van der Waals surface area contributed by atoms with Crippen LogP contribution >= 0.6 is 0 Å². The first-order chi connectivity index (χ1) is 11.0. The van der Waals surface area contributed by atoms with E-state index < -0.39 is 0 Å². The minimum atomic E-state index is -0.247. The molecule has 23 heavy (non-hydrogen) atoms. The average molecular weight is 310 g/mol. The first-order valence-electron chi connectivity index (χ1n) is 7.74. The molecule has 0 heterocycles. The van der Waals surface area contributed by atoms with Gasteiger partial charge in [0, 0.05) is 11.3 Å². The largest absolute Gasteiger partial charge is 0.343 e. The number of aryl methyl sites for hydroxylation is 2. The maximum Gasteiger partial charge on any atom is 0.251 e. The van der Waals surface area contributed by atoms with Crippen LogP contribution in [0, 0.1) is 13.8 Å². The maximum absolute atomic E-state index is 12.0. The second-order valence-electron chi connectivity index (χ2n) is 5.53. The molecule has 0 radical (unpaired) electrons. The molecule has 4 heteroatoms. The predicted octanol–water partition coefficient (Wildman–Crippen LogP) is 3.23. The third-order valence-corrected chi connectivity index (χ3v) is 3.91. The molecule has 2 amide bonds. The van der Waals surface area contributed by atoms with Crippen LogP contribution in [0.15, 0.2) is 42.5 Å². The molecule has 0 saturated heterocycles. The third kappa shape index (κ3) is 4.42. The molecule has 120 valence electrons. The zero-order valence-corrected chi connectivity index (χ0v) is 13.8. The Kier molecular flexibility index (Phi) is 5.52. The highest BCUT2D eigenvalue weighted by Gasteiger charge is 2.09. The van der Waals surface area contributed by atoms with Crippen molar-refractivity contribution in [2.75, 3.05) is 11.9 Å². The third-order valence-electron chi connectivity index (χ3n) is 3.91. The van der Waals surface area contributed by atoms with E-state index >= 15 is 0 Å². The van der Waals surface area contributed by atoms with E-state index in [2.05, 4.69) is 17.6 Å². The summed E-state index contributed by atoms with van der Waals surface area (Å²) < 4.78 is 0. The molecule has 0 aliphatic rings. The van der Waals surface area contributed by atoms with Gasteiger partial charge in [0.2, 0.25) is 5.91 Å². The Labute approximate surface area is 136 Å². The van der Waals surface area contributed by atoms with Crippen LogP contribution in [0.3, 0.4) is 0 Å². The Morgan fingerprint density at radius 3 is 2.35 bits per heavy atom. The highest BCUT2D eigenvalue weighted by Crippen LogP contribution is 2.17. The number of carbonyl (C=O) groups is 2. The van der Waals surface area contributed by atoms with Crippen molar-refractivity contribution in [3.05, 3.63) is 64.7 Å². The van der Waals surface area contributed by atoms with E-state index in [4.69, 9.17) is 0 Å². The van der Waals surface area contributed by atoms with E-state index in [1.54, 1.807) is 12.1 Å². The summed E-state index contributed by atoms with van der Waals surface area (Å²) in [6.07, 6.45) is 0.931. The van der Waals surface area contributed by atoms with Crippen molar-refractivity contribution in [3.63, 3.8) is 0 Å². The van der Waals surface area contributed by atoms with Gasteiger partial charge in [-0.1, -0.05) is 31.2 Å². The molecule has 2 rings (SSSR count). The summed E-state index contributed by atoms with van der Waals surface area (Å²) in [4.78, 5) is 24.0. The summed E-state index contributed by atoms with van der Waals surface area (Å²) in [6.45, 7) is 5.96. The number of hydrogen-bond donors (Lipinski definition) is 2. The summed E-state index contributed by atoms with van der Waals surface area (Å²) >= 11 is 0. The van der Waals surface area contributed by atoms with Gasteiger partial charge in [0.25, 0.3) is 5.91 Å². The van der Waals surface area contributed by atoms with Crippen molar-refractivity contribution < 1.29 is 9.59 Å². The van der Waals surface area contributed by atoms with E-state index in [-0.39, 0.29) is 18.4 Å². The fraction of sp³-hybridized carbons (Fsp3) is 0.263. The topological polar surface area (TPSA) is 58.2 Å². The fourth-order valence-corrected chi connectivity index (χ4v) is 2.24. The van der Waals surface area contributed by atoms with Crippen LogP contribution in [0.1, 0.15) is 34.0 Å². The van der Waals surface area contributed by atoms with Crippen LogP contribution in [0.25, 0.3) is 0 Å². The zero-order valence-electron chi connectivity index (χ0n) is 13.8. The van der Waals surface area contributed by atoms with Crippen molar-refractivity contribution in [1.29, 1.82) is 0 Å². The van der Waals surface area contributed by atoms with E-state index in [0.29, 0.717) is 5.56 Å². The SMILES string of the molecule is CCc1ccc(C(=O)NCC(=O)Nc2cccc(C)c2C)cc1. The van der Waals surface area contributed by atoms with Gasteiger partial charge in [-0.05, 0) is 55.2 Å². The molecule has 0 saturated carbocycles. The molecule has 2 aromatic carbocycles. The molecular weight excluding hydrogens is 288 g/mol. The molecule has 0 unspecified atom stereocenters. The first-order valence-corrected chi connectivity index (χ1v) is 7.74. The monoisotopic (exact) mass is 310 g/mol. The molecule has 0 spiro atoms. The Hall–Kier alpha value is -2.62. The molecular formula is C19H22N2O2. The van der Waals surface area contributed by atoms with Crippen molar-refractivity contribution >= 4 is 17.5 Å². The molecule has 0 bridgehead atoms. The van der Waals surface area contributed by atoms with E-state index in [1.807, 2.05) is 44.2 Å². The number of benzene rings is 2. The fourth-order valence-electron chi connectivity index (χ4n) is 2.24. The molecule has 0 aromatic heterocycles. The van der Waals surface area contributed by atoms with E-state index in [1.165, 1.54) is 5.56 Å². The predicted molar refractivity (Wildman–Crippen MR) is 92.7 cm³/mol. The lowest BCUT2D eigenvalue weighted by molar-refractivity contribution is -0.115. The van der Waals surface area contributed by atoms with Crippen LogP contribution in [0.2, 0.25) is 0 Å². The van der Waals surface area contributed by atoms with Crippen molar-refractivity contribution in [2.24, 2.45) is 0 Å². The average Bonchev–Trinajstić information content (AvgIpc) is 2.57. The molecule has 2 aromatic rings. The zero-order chi connectivity index (χ0) is 16.8. The van der Waals surface area contributed by atoms with Gasteiger partial charge in [0.1, 0.15) is 0 Å². The van der Waals surface area contributed by atoms with E-state index in [9.17, 15) is 9.59 Å².